The number of benzene rings is 2. The predicted octanol–water partition coefficient (Wildman–Crippen LogP) is 3.37. The zero-order valence-electron chi connectivity index (χ0n) is 19.9. The molecule has 0 spiro atoms. The smallest absolute Gasteiger partial charge is 0.306 e. The van der Waals surface area contributed by atoms with Crippen molar-refractivity contribution in [3.05, 3.63) is 54.1 Å². The lowest BCUT2D eigenvalue weighted by molar-refractivity contribution is -0.147. The molecule has 0 aromatic heterocycles. The molecule has 2 aromatic carbocycles. The number of likely N-dealkylation sites (N-methyl/N-ethyl adjacent to an activating group) is 1. The number of anilines is 2. The molecule has 3 rings (SSSR count). The van der Waals surface area contributed by atoms with Crippen molar-refractivity contribution in [3.63, 3.8) is 0 Å². The van der Waals surface area contributed by atoms with Crippen molar-refractivity contribution in [2.75, 3.05) is 56.2 Å². The second-order valence-corrected chi connectivity index (χ2v) is 8.21. The minimum atomic E-state index is -0.452. The van der Waals surface area contributed by atoms with Gasteiger partial charge in [0.05, 0.1) is 6.61 Å². The molecule has 0 atom stereocenters. The number of nitrogens with zero attached hydrogens (tertiary/aromatic N) is 2. The molecule has 0 saturated carbocycles. The number of amides is 1. The van der Waals surface area contributed by atoms with E-state index in [4.69, 9.17) is 9.47 Å². The molecule has 0 aliphatic carbocycles. The van der Waals surface area contributed by atoms with Crippen molar-refractivity contribution in [1.29, 1.82) is 0 Å². The van der Waals surface area contributed by atoms with E-state index in [0.29, 0.717) is 30.0 Å². The van der Waals surface area contributed by atoms with Crippen LogP contribution in [0.5, 0.6) is 5.75 Å². The van der Waals surface area contributed by atoms with Gasteiger partial charge in [-0.1, -0.05) is 6.92 Å². The maximum Gasteiger partial charge on any atom is 0.306 e. The number of nitrogens with one attached hydrogen (secondary N) is 1. The van der Waals surface area contributed by atoms with E-state index in [1.165, 1.54) is 6.92 Å². The lowest BCUT2D eigenvalue weighted by atomic mass is 10.1. The first-order valence-electron chi connectivity index (χ1n) is 11.7. The number of carbonyl (C=O) groups is 3. The predicted molar refractivity (Wildman–Crippen MR) is 132 cm³/mol. The van der Waals surface area contributed by atoms with Gasteiger partial charge in [0.1, 0.15) is 5.75 Å². The van der Waals surface area contributed by atoms with Gasteiger partial charge in [-0.25, -0.2) is 0 Å². The van der Waals surface area contributed by atoms with E-state index in [-0.39, 0.29) is 24.7 Å². The summed E-state index contributed by atoms with van der Waals surface area (Å²) >= 11 is 0. The Kier molecular flexibility index (Phi) is 9.46. The van der Waals surface area contributed by atoms with Crippen molar-refractivity contribution >= 4 is 29.0 Å². The molecule has 1 N–H and O–H groups in total. The van der Waals surface area contributed by atoms with Crippen molar-refractivity contribution < 1.29 is 23.9 Å². The summed E-state index contributed by atoms with van der Waals surface area (Å²) < 4.78 is 10.6. The average molecular weight is 468 g/mol. The zero-order valence-corrected chi connectivity index (χ0v) is 19.9. The number of rotatable bonds is 11. The Bertz CT molecular complexity index is 951. The number of ketones is 1. The highest BCUT2D eigenvalue weighted by Gasteiger charge is 2.16. The number of carbonyl (C=O) groups excluding carboxylic acids is 3. The molecule has 182 valence electrons. The summed E-state index contributed by atoms with van der Waals surface area (Å²) in [6.07, 6.45) is 0.613. The van der Waals surface area contributed by atoms with Crippen molar-refractivity contribution in [2.24, 2.45) is 0 Å². The molecule has 1 heterocycles. The summed E-state index contributed by atoms with van der Waals surface area (Å²) in [5.41, 5.74) is 2.42. The monoisotopic (exact) mass is 467 g/mol. The zero-order chi connectivity index (χ0) is 24.3. The van der Waals surface area contributed by atoms with Gasteiger partial charge in [-0.05, 0) is 68.4 Å². The maximum absolute atomic E-state index is 12.1. The van der Waals surface area contributed by atoms with Crippen LogP contribution in [0.4, 0.5) is 11.4 Å². The minimum absolute atomic E-state index is 0.00333. The lowest BCUT2D eigenvalue weighted by Crippen LogP contribution is -2.46. The largest absolute Gasteiger partial charge is 0.494 e. The van der Waals surface area contributed by atoms with Crippen LogP contribution in [-0.4, -0.2) is 68.5 Å². The van der Waals surface area contributed by atoms with Gasteiger partial charge in [0, 0.05) is 49.5 Å². The Morgan fingerprint density at radius 1 is 0.941 bits per heavy atom. The van der Waals surface area contributed by atoms with Gasteiger partial charge < -0.3 is 24.6 Å². The van der Waals surface area contributed by atoms with Gasteiger partial charge in [-0.3, -0.25) is 14.4 Å². The van der Waals surface area contributed by atoms with E-state index in [2.05, 4.69) is 22.0 Å². The first-order valence-corrected chi connectivity index (χ1v) is 11.7. The number of esters is 1. The van der Waals surface area contributed by atoms with Crippen LogP contribution in [0.1, 0.15) is 37.0 Å². The third-order valence-corrected chi connectivity index (χ3v) is 5.75. The van der Waals surface area contributed by atoms with Crippen LogP contribution < -0.4 is 15.0 Å². The Balaban J connectivity index is 1.30. The van der Waals surface area contributed by atoms with Crippen LogP contribution in [0, 0.1) is 0 Å². The number of Topliss-reactive ketones (excluding diaryl/α,β-unsaturated/α-hetero) is 1. The first kappa shape index (κ1) is 25.2. The molecule has 8 heteroatoms. The minimum Gasteiger partial charge on any atom is -0.494 e. The second-order valence-electron chi connectivity index (χ2n) is 8.21. The van der Waals surface area contributed by atoms with Gasteiger partial charge in [-0.15, -0.1) is 0 Å². The van der Waals surface area contributed by atoms with Crippen molar-refractivity contribution in [1.82, 2.24) is 4.90 Å². The quantitative estimate of drug-likeness (QED) is 0.308. The lowest BCUT2D eigenvalue weighted by Gasteiger charge is -2.35. The van der Waals surface area contributed by atoms with Crippen molar-refractivity contribution in [2.45, 2.75) is 26.7 Å². The van der Waals surface area contributed by atoms with Crippen LogP contribution in [0.15, 0.2) is 48.5 Å². The number of hydrogen-bond acceptors (Lipinski definition) is 7. The molecule has 1 saturated heterocycles. The van der Waals surface area contributed by atoms with E-state index in [0.717, 1.165) is 38.4 Å². The molecule has 2 aromatic rings. The van der Waals surface area contributed by atoms with E-state index in [1.54, 1.807) is 24.3 Å². The van der Waals surface area contributed by atoms with Gasteiger partial charge in [0.2, 0.25) is 0 Å². The topological polar surface area (TPSA) is 88.2 Å². The Labute approximate surface area is 200 Å². The summed E-state index contributed by atoms with van der Waals surface area (Å²) in [5, 5.41) is 2.75. The molecule has 0 radical (unpaired) electrons. The maximum atomic E-state index is 12.1. The molecule has 1 fully saturated rings. The summed E-state index contributed by atoms with van der Waals surface area (Å²) in [6.45, 7) is 8.87. The third kappa shape index (κ3) is 7.88. The van der Waals surface area contributed by atoms with Crippen LogP contribution in [0.3, 0.4) is 0 Å². The molecule has 1 aliphatic heterocycles. The highest BCUT2D eigenvalue weighted by atomic mass is 16.5. The standard InChI is InChI=1S/C26H33N3O5/c1-3-28-14-16-29(17-15-28)23-10-8-22(9-11-23)27-25(31)19-34-26(32)5-4-18-33-24-12-6-21(7-13-24)20(2)30/h6-13H,3-5,14-19H2,1-2H3,(H,27,31). The van der Waals surface area contributed by atoms with E-state index < -0.39 is 5.97 Å². The molecule has 8 nitrogen and oxygen atoms in total. The fourth-order valence-electron chi connectivity index (χ4n) is 3.69. The Morgan fingerprint density at radius 2 is 1.62 bits per heavy atom. The van der Waals surface area contributed by atoms with Gasteiger partial charge >= 0.3 is 5.97 Å². The third-order valence-electron chi connectivity index (χ3n) is 5.75. The molecule has 1 aliphatic rings. The Morgan fingerprint density at radius 3 is 2.24 bits per heavy atom. The molecular formula is C26H33N3O5. The van der Waals surface area contributed by atoms with Crippen LogP contribution >= 0.6 is 0 Å². The number of hydrogen-bond donors (Lipinski definition) is 1. The van der Waals surface area contributed by atoms with E-state index >= 15 is 0 Å². The fraction of sp³-hybridized carbons (Fsp3) is 0.423. The van der Waals surface area contributed by atoms with Gasteiger partial charge in [0.15, 0.2) is 12.4 Å². The number of piperazine rings is 1. The van der Waals surface area contributed by atoms with Gasteiger partial charge in [-0.2, -0.15) is 0 Å². The van der Waals surface area contributed by atoms with Crippen LogP contribution in [0.25, 0.3) is 0 Å². The Hall–Kier alpha value is -3.39. The van der Waals surface area contributed by atoms with Crippen LogP contribution in [0.2, 0.25) is 0 Å². The highest BCUT2D eigenvalue weighted by molar-refractivity contribution is 5.94. The first-order chi connectivity index (χ1) is 16.4. The molecule has 1 amide bonds. The normalized spacial score (nSPS) is 13.9. The molecule has 0 unspecified atom stereocenters. The molecule has 34 heavy (non-hydrogen) atoms. The highest BCUT2D eigenvalue weighted by Crippen LogP contribution is 2.19. The summed E-state index contributed by atoms with van der Waals surface area (Å²) in [4.78, 5) is 40.0. The SMILES string of the molecule is CCN1CCN(c2ccc(NC(=O)COC(=O)CCCOc3ccc(C(C)=O)cc3)cc2)CC1. The van der Waals surface area contributed by atoms with Crippen LogP contribution in [-0.2, 0) is 14.3 Å². The summed E-state index contributed by atoms with van der Waals surface area (Å²) in [5.74, 6) is -0.199. The molecule has 0 bridgehead atoms. The van der Waals surface area contributed by atoms with Crippen molar-refractivity contribution in [3.8, 4) is 5.75 Å². The molecular weight excluding hydrogens is 434 g/mol. The fourth-order valence-corrected chi connectivity index (χ4v) is 3.69. The van der Waals surface area contributed by atoms with E-state index in [1.807, 2.05) is 24.3 Å². The average Bonchev–Trinajstić information content (AvgIpc) is 2.86. The second kappa shape index (κ2) is 12.7. The summed E-state index contributed by atoms with van der Waals surface area (Å²) in [6, 6.07) is 14.6. The van der Waals surface area contributed by atoms with Gasteiger partial charge in [0.25, 0.3) is 5.91 Å². The van der Waals surface area contributed by atoms with E-state index in [9.17, 15) is 14.4 Å². The number of ether oxygens (including phenoxy) is 2. The summed E-state index contributed by atoms with van der Waals surface area (Å²) in [7, 11) is 0.